The lowest BCUT2D eigenvalue weighted by molar-refractivity contribution is -0.0463. The maximum absolute atomic E-state index is 14.4. The van der Waals surface area contributed by atoms with E-state index >= 15 is 0 Å². The molecule has 23 heavy (non-hydrogen) atoms. The van der Waals surface area contributed by atoms with E-state index in [9.17, 15) is 9.18 Å². The number of hydrogen-bond acceptors (Lipinski definition) is 5. The van der Waals surface area contributed by atoms with Crippen LogP contribution in [-0.4, -0.2) is 26.3 Å². The Bertz CT molecular complexity index is 713. The van der Waals surface area contributed by atoms with E-state index in [-0.39, 0.29) is 5.82 Å². The van der Waals surface area contributed by atoms with Gasteiger partial charge < -0.3 is 14.2 Å². The van der Waals surface area contributed by atoms with Gasteiger partial charge in [0.05, 0.1) is 30.8 Å². The number of carbonyl (C=O) groups is 1. The largest absolute Gasteiger partial charge is 0.465 e. The first kappa shape index (κ1) is 16.0. The number of rotatable bonds is 4. The molecule has 0 aliphatic carbocycles. The Morgan fingerprint density at radius 3 is 2.65 bits per heavy atom. The van der Waals surface area contributed by atoms with E-state index in [0.717, 1.165) is 11.8 Å². The van der Waals surface area contributed by atoms with Crippen molar-refractivity contribution in [1.82, 2.24) is 0 Å². The third-order valence-corrected chi connectivity index (χ3v) is 4.59. The van der Waals surface area contributed by atoms with E-state index in [1.165, 1.54) is 13.2 Å². The van der Waals surface area contributed by atoms with Gasteiger partial charge >= 0.3 is 5.97 Å². The summed E-state index contributed by atoms with van der Waals surface area (Å²) in [6, 6.07) is 11.7. The molecule has 2 aromatic rings. The highest BCUT2D eigenvalue weighted by atomic mass is 32.2. The molecular weight excluding hydrogens is 319 g/mol. The smallest absolute Gasteiger partial charge is 0.339 e. The molecule has 1 aliphatic rings. The quantitative estimate of drug-likeness (QED) is 0.796. The van der Waals surface area contributed by atoms with E-state index in [0.29, 0.717) is 34.1 Å². The van der Waals surface area contributed by atoms with Gasteiger partial charge in [0.15, 0.2) is 6.29 Å². The Kier molecular flexibility index (Phi) is 4.95. The van der Waals surface area contributed by atoms with Crippen LogP contribution in [0.15, 0.2) is 52.3 Å². The van der Waals surface area contributed by atoms with Crippen LogP contribution in [0.4, 0.5) is 4.39 Å². The summed E-state index contributed by atoms with van der Waals surface area (Å²) in [4.78, 5) is 12.9. The maximum Gasteiger partial charge on any atom is 0.339 e. The minimum Gasteiger partial charge on any atom is -0.465 e. The molecule has 0 bridgehead atoms. The summed E-state index contributed by atoms with van der Waals surface area (Å²) < 4.78 is 30.1. The highest BCUT2D eigenvalue weighted by Crippen LogP contribution is 2.39. The van der Waals surface area contributed by atoms with E-state index in [1.807, 2.05) is 0 Å². The first-order valence-corrected chi connectivity index (χ1v) is 7.89. The second kappa shape index (κ2) is 7.12. The zero-order valence-corrected chi connectivity index (χ0v) is 13.3. The number of hydrogen-bond donors (Lipinski definition) is 0. The van der Waals surface area contributed by atoms with Crippen molar-refractivity contribution < 1.29 is 23.4 Å². The lowest BCUT2D eigenvalue weighted by Gasteiger charge is -2.16. The predicted molar refractivity (Wildman–Crippen MR) is 82.9 cm³/mol. The molecule has 0 unspecified atom stereocenters. The van der Waals surface area contributed by atoms with Gasteiger partial charge in [-0.3, -0.25) is 0 Å². The van der Waals surface area contributed by atoms with Crippen molar-refractivity contribution in [1.29, 1.82) is 0 Å². The van der Waals surface area contributed by atoms with Gasteiger partial charge in [0.1, 0.15) is 5.82 Å². The molecule has 4 nitrogen and oxygen atoms in total. The summed E-state index contributed by atoms with van der Waals surface area (Å²) >= 11 is 1.16. The summed E-state index contributed by atoms with van der Waals surface area (Å²) in [6.07, 6.45) is -0.585. The fourth-order valence-corrected chi connectivity index (χ4v) is 3.38. The highest BCUT2D eigenvalue weighted by molar-refractivity contribution is 7.99. The Hall–Kier alpha value is -1.89. The molecule has 0 radical (unpaired) electrons. The molecule has 3 rings (SSSR count). The summed E-state index contributed by atoms with van der Waals surface area (Å²) in [6.45, 7) is 0.952. The molecular formula is C17H15FO4S. The van der Waals surface area contributed by atoms with E-state index < -0.39 is 12.3 Å². The molecule has 0 amide bonds. The second-order valence-electron chi connectivity index (χ2n) is 4.82. The van der Waals surface area contributed by atoms with Gasteiger partial charge in [0, 0.05) is 10.5 Å². The molecule has 2 aromatic carbocycles. The van der Waals surface area contributed by atoms with Crippen LogP contribution in [0.5, 0.6) is 0 Å². The monoisotopic (exact) mass is 334 g/mol. The predicted octanol–water partition coefficient (Wildman–Crippen LogP) is 3.81. The zero-order valence-electron chi connectivity index (χ0n) is 12.5. The normalized spacial score (nSPS) is 14.9. The van der Waals surface area contributed by atoms with Gasteiger partial charge in [-0.25, -0.2) is 9.18 Å². The summed E-state index contributed by atoms with van der Waals surface area (Å²) in [5, 5.41) is 0. The molecule has 0 spiro atoms. The minimum atomic E-state index is -0.585. The first-order valence-electron chi connectivity index (χ1n) is 7.07. The van der Waals surface area contributed by atoms with Crippen molar-refractivity contribution in [3.63, 3.8) is 0 Å². The molecule has 1 saturated heterocycles. The van der Waals surface area contributed by atoms with Gasteiger partial charge in [-0.15, -0.1) is 0 Å². The fourth-order valence-electron chi connectivity index (χ4n) is 2.30. The Morgan fingerprint density at radius 1 is 1.17 bits per heavy atom. The molecule has 0 saturated carbocycles. The van der Waals surface area contributed by atoms with Gasteiger partial charge in [-0.1, -0.05) is 36.0 Å². The number of esters is 1. The molecule has 0 aromatic heterocycles. The SMILES string of the molecule is COC(=O)c1ccccc1Sc1c(F)cccc1C1OCCO1. The van der Waals surface area contributed by atoms with Crippen LogP contribution in [0.3, 0.4) is 0 Å². The zero-order chi connectivity index (χ0) is 16.2. The van der Waals surface area contributed by atoms with Crippen LogP contribution in [-0.2, 0) is 14.2 Å². The molecule has 0 atom stereocenters. The number of methoxy groups -OCH3 is 1. The van der Waals surface area contributed by atoms with Crippen molar-refractivity contribution in [3.8, 4) is 0 Å². The van der Waals surface area contributed by atoms with Crippen molar-refractivity contribution in [2.75, 3.05) is 20.3 Å². The molecule has 120 valence electrons. The molecule has 1 aliphatic heterocycles. The summed E-state index contributed by atoms with van der Waals surface area (Å²) in [5.74, 6) is -0.842. The van der Waals surface area contributed by atoms with Gasteiger partial charge in [-0.2, -0.15) is 0 Å². The average molecular weight is 334 g/mol. The van der Waals surface area contributed by atoms with E-state index in [4.69, 9.17) is 14.2 Å². The molecule has 0 N–H and O–H groups in total. The second-order valence-corrected chi connectivity index (χ2v) is 5.87. The highest BCUT2D eigenvalue weighted by Gasteiger charge is 2.24. The lowest BCUT2D eigenvalue weighted by Crippen LogP contribution is -2.04. The summed E-state index contributed by atoms with van der Waals surface area (Å²) in [5.41, 5.74) is 1.01. The lowest BCUT2D eigenvalue weighted by atomic mass is 10.2. The average Bonchev–Trinajstić information content (AvgIpc) is 3.11. The number of carbonyl (C=O) groups excluding carboxylic acids is 1. The third-order valence-electron chi connectivity index (χ3n) is 3.38. The standard InChI is InChI=1S/C17H15FO4S/c1-20-16(19)11-5-2-3-8-14(11)23-15-12(6-4-7-13(15)18)17-21-9-10-22-17/h2-8,17H,9-10H2,1H3. The van der Waals surface area contributed by atoms with Crippen LogP contribution < -0.4 is 0 Å². The first-order chi connectivity index (χ1) is 11.2. The molecule has 1 fully saturated rings. The van der Waals surface area contributed by atoms with Crippen molar-refractivity contribution >= 4 is 17.7 Å². The van der Waals surface area contributed by atoms with Crippen LogP contribution in [0.2, 0.25) is 0 Å². The Labute approximate surface area is 137 Å². The van der Waals surface area contributed by atoms with Gasteiger partial charge in [0.2, 0.25) is 0 Å². The third kappa shape index (κ3) is 3.39. The van der Waals surface area contributed by atoms with E-state index in [2.05, 4.69) is 0 Å². The molecule has 1 heterocycles. The van der Waals surface area contributed by atoms with Crippen LogP contribution in [0.1, 0.15) is 22.2 Å². The Morgan fingerprint density at radius 2 is 1.91 bits per heavy atom. The maximum atomic E-state index is 14.4. The fraction of sp³-hybridized carbons (Fsp3) is 0.235. The molecule has 6 heteroatoms. The number of ether oxygens (including phenoxy) is 3. The van der Waals surface area contributed by atoms with E-state index in [1.54, 1.807) is 36.4 Å². The van der Waals surface area contributed by atoms with Gasteiger partial charge in [0.25, 0.3) is 0 Å². The van der Waals surface area contributed by atoms with Crippen molar-refractivity contribution in [2.24, 2.45) is 0 Å². The van der Waals surface area contributed by atoms with Crippen molar-refractivity contribution in [2.45, 2.75) is 16.1 Å². The van der Waals surface area contributed by atoms with Crippen LogP contribution >= 0.6 is 11.8 Å². The van der Waals surface area contributed by atoms with Crippen molar-refractivity contribution in [3.05, 3.63) is 59.4 Å². The summed E-state index contributed by atoms with van der Waals surface area (Å²) in [7, 11) is 1.32. The topological polar surface area (TPSA) is 44.8 Å². The number of benzene rings is 2. The van der Waals surface area contributed by atoms with Crippen LogP contribution in [0, 0.1) is 5.82 Å². The Balaban J connectivity index is 1.99. The van der Waals surface area contributed by atoms with Crippen LogP contribution in [0.25, 0.3) is 0 Å². The van der Waals surface area contributed by atoms with Gasteiger partial charge in [-0.05, 0) is 18.2 Å². The number of halogens is 1. The minimum absolute atomic E-state index is 0.383.